The molecule has 1 unspecified atom stereocenters. The van der Waals surface area contributed by atoms with Crippen molar-refractivity contribution in [2.24, 2.45) is 22.7 Å². The highest BCUT2D eigenvalue weighted by molar-refractivity contribution is 5.87. The molecule has 2 aromatic carbocycles. The van der Waals surface area contributed by atoms with Gasteiger partial charge in [-0.15, -0.1) is 0 Å². The number of esters is 1. The third kappa shape index (κ3) is 9.64. The molecule has 0 N–H and O–H groups in total. The van der Waals surface area contributed by atoms with Crippen molar-refractivity contribution in [2.75, 3.05) is 0 Å². The van der Waals surface area contributed by atoms with E-state index in [1.807, 2.05) is 13.8 Å². The number of benzene rings is 2. The summed E-state index contributed by atoms with van der Waals surface area (Å²) in [4.78, 5) is 13.4. The van der Waals surface area contributed by atoms with E-state index in [2.05, 4.69) is 128 Å². The van der Waals surface area contributed by atoms with Crippen LogP contribution in [0.25, 0.3) is 22.2 Å². The molecule has 1 aromatic heterocycles. The van der Waals surface area contributed by atoms with Crippen LogP contribution in [0.15, 0.2) is 54.6 Å². The maximum Gasteiger partial charge on any atom is 0.310 e. The van der Waals surface area contributed by atoms with Gasteiger partial charge in [-0.1, -0.05) is 73.6 Å². The van der Waals surface area contributed by atoms with Gasteiger partial charge in [0.2, 0.25) is 0 Å². The van der Waals surface area contributed by atoms with E-state index in [1.165, 1.54) is 28.6 Å². The molecule has 0 aliphatic carbocycles. The zero-order chi connectivity index (χ0) is 31.5. The predicted molar refractivity (Wildman–Crippen MR) is 178 cm³/mol. The highest BCUT2D eigenvalue weighted by Gasteiger charge is 2.40. The van der Waals surface area contributed by atoms with Crippen LogP contribution in [0, 0.1) is 22.7 Å². The van der Waals surface area contributed by atoms with Gasteiger partial charge in [-0.25, -0.2) is 0 Å². The second-order valence-electron chi connectivity index (χ2n) is 16.2. The molecule has 1 heterocycles. The van der Waals surface area contributed by atoms with Crippen LogP contribution in [0.4, 0.5) is 0 Å². The molecule has 0 amide bonds. The van der Waals surface area contributed by atoms with E-state index in [0.29, 0.717) is 12.3 Å². The zero-order valence-corrected chi connectivity index (χ0v) is 28.6. The summed E-state index contributed by atoms with van der Waals surface area (Å²) in [5, 5.41) is 1.27. The van der Waals surface area contributed by atoms with E-state index in [0.717, 1.165) is 25.1 Å². The molecular weight excluding hydrogens is 518 g/mol. The van der Waals surface area contributed by atoms with E-state index in [4.69, 9.17) is 9.47 Å². The van der Waals surface area contributed by atoms with Crippen molar-refractivity contribution in [2.45, 2.75) is 127 Å². The second-order valence-corrected chi connectivity index (χ2v) is 16.2. The van der Waals surface area contributed by atoms with Gasteiger partial charge in [-0.05, 0) is 106 Å². The molecule has 1 atom stereocenters. The lowest BCUT2D eigenvalue weighted by molar-refractivity contribution is -0.170. The molecule has 0 bridgehead atoms. The van der Waals surface area contributed by atoms with Gasteiger partial charge < -0.3 is 14.0 Å². The Labute approximate surface area is 256 Å². The summed E-state index contributed by atoms with van der Waals surface area (Å²) in [5.41, 5.74) is 2.37. The Hall–Kier alpha value is -2.75. The van der Waals surface area contributed by atoms with Gasteiger partial charge in [-0.2, -0.15) is 0 Å². The van der Waals surface area contributed by atoms with E-state index in [1.54, 1.807) is 0 Å². The first-order valence-corrected chi connectivity index (χ1v) is 15.9. The summed E-state index contributed by atoms with van der Waals surface area (Å²) in [6.45, 7) is 26.6. The number of aryl methyl sites for hydroxylation is 1. The molecule has 0 radical (unpaired) electrons. The standard InChI is InChI=1S/C38H57NO3/c1-27(2)16-15-23-39-32-18-14-13-17-29(32)24-33(39)28-19-21-30(22-20-28)41-37(9,10)26-38(11,12)42-34(40)31(36(6,7)8)25-35(3,4)5/h13-14,17-22,24,27,31H,15-16,23,25-26H2,1-12H3. The summed E-state index contributed by atoms with van der Waals surface area (Å²) >= 11 is 0. The number of fused-ring (bicyclic) bond motifs is 1. The minimum absolute atomic E-state index is 0.0398. The summed E-state index contributed by atoms with van der Waals surface area (Å²) in [6.07, 6.45) is 3.73. The lowest BCUT2D eigenvalue weighted by atomic mass is 9.72. The third-order valence-corrected chi connectivity index (χ3v) is 7.89. The average molecular weight is 576 g/mol. The van der Waals surface area contributed by atoms with Crippen LogP contribution in [0.2, 0.25) is 0 Å². The number of carbonyl (C=O) groups excluding carboxylic acids is 1. The van der Waals surface area contributed by atoms with Crippen LogP contribution < -0.4 is 4.74 Å². The highest BCUT2D eigenvalue weighted by Crippen LogP contribution is 2.39. The first kappa shape index (κ1) is 33.7. The normalized spacial score (nSPS) is 13.9. The minimum atomic E-state index is -0.668. The largest absolute Gasteiger partial charge is 0.488 e. The maximum atomic E-state index is 13.4. The zero-order valence-electron chi connectivity index (χ0n) is 28.6. The van der Waals surface area contributed by atoms with Crippen LogP contribution in [-0.2, 0) is 16.1 Å². The summed E-state index contributed by atoms with van der Waals surface area (Å²) in [7, 11) is 0. The van der Waals surface area contributed by atoms with Crippen LogP contribution in [0.5, 0.6) is 5.75 Å². The number of rotatable bonds is 12. The Morgan fingerprint density at radius 1 is 0.833 bits per heavy atom. The molecule has 3 rings (SSSR count). The van der Waals surface area contributed by atoms with Crippen molar-refractivity contribution < 1.29 is 14.3 Å². The van der Waals surface area contributed by atoms with Gasteiger partial charge in [0.15, 0.2) is 0 Å². The Kier molecular flexibility index (Phi) is 10.3. The molecule has 232 valence electrons. The van der Waals surface area contributed by atoms with Crippen LogP contribution in [-0.4, -0.2) is 21.7 Å². The number of hydrogen-bond donors (Lipinski definition) is 0. The third-order valence-electron chi connectivity index (χ3n) is 7.89. The molecule has 0 saturated carbocycles. The van der Waals surface area contributed by atoms with E-state index < -0.39 is 11.2 Å². The number of ether oxygens (including phenoxy) is 2. The quantitative estimate of drug-likeness (QED) is 0.202. The fourth-order valence-corrected chi connectivity index (χ4v) is 6.16. The van der Waals surface area contributed by atoms with Crippen molar-refractivity contribution in [3.05, 3.63) is 54.6 Å². The van der Waals surface area contributed by atoms with Crippen LogP contribution in [0.3, 0.4) is 0 Å². The monoisotopic (exact) mass is 575 g/mol. The molecule has 4 heteroatoms. The number of aromatic nitrogens is 1. The average Bonchev–Trinajstić information content (AvgIpc) is 3.19. The molecular formula is C38H57NO3. The van der Waals surface area contributed by atoms with Gasteiger partial charge >= 0.3 is 5.97 Å². The SMILES string of the molecule is CC(C)CCCn1c(-c2ccc(OC(C)(C)CC(C)(C)OC(=O)C(CC(C)(C)C)C(C)(C)C)cc2)cc2ccccc21. The topological polar surface area (TPSA) is 40.5 Å². The van der Waals surface area contributed by atoms with Crippen molar-refractivity contribution in [1.82, 2.24) is 4.57 Å². The maximum absolute atomic E-state index is 13.4. The first-order chi connectivity index (χ1) is 19.3. The second kappa shape index (κ2) is 12.9. The van der Waals surface area contributed by atoms with E-state index in [-0.39, 0.29) is 22.7 Å². The molecule has 0 fully saturated rings. The van der Waals surface area contributed by atoms with Crippen molar-refractivity contribution in [1.29, 1.82) is 0 Å². The Bertz CT molecular complexity index is 1310. The molecule has 0 spiro atoms. The van der Waals surface area contributed by atoms with E-state index in [9.17, 15) is 4.79 Å². The minimum Gasteiger partial charge on any atom is -0.488 e. The van der Waals surface area contributed by atoms with Crippen molar-refractivity contribution >= 4 is 16.9 Å². The number of hydrogen-bond acceptors (Lipinski definition) is 3. The van der Waals surface area contributed by atoms with Gasteiger partial charge in [0, 0.05) is 29.6 Å². The Balaban J connectivity index is 1.73. The fraction of sp³-hybridized carbons (Fsp3) is 0.605. The predicted octanol–water partition coefficient (Wildman–Crippen LogP) is 10.7. The van der Waals surface area contributed by atoms with Gasteiger partial charge in [0.1, 0.15) is 17.0 Å². The molecule has 42 heavy (non-hydrogen) atoms. The van der Waals surface area contributed by atoms with Crippen molar-refractivity contribution in [3.8, 4) is 17.0 Å². The number of nitrogens with zero attached hydrogens (tertiary/aromatic N) is 1. The van der Waals surface area contributed by atoms with Gasteiger partial charge in [-0.3, -0.25) is 4.79 Å². The molecule has 0 aliphatic heterocycles. The van der Waals surface area contributed by atoms with Crippen molar-refractivity contribution in [3.63, 3.8) is 0 Å². The van der Waals surface area contributed by atoms with Gasteiger partial charge in [0.05, 0.1) is 5.92 Å². The lowest BCUT2D eigenvalue weighted by Gasteiger charge is -2.39. The van der Waals surface area contributed by atoms with Crippen LogP contribution in [0.1, 0.15) is 109 Å². The summed E-state index contributed by atoms with van der Waals surface area (Å²) in [5.74, 6) is 1.22. The molecule has 4 nitrogen and oxygen atoms in total. The number of para-hydroxylation sites is 1. The Morgan fingerprint density at radius 2 is 1.45 bits per heavy atom. The number of carbonyl (C=O) groups is 1. The summed E-state index contributed by atoms with van der Waals surface area (Å²) < 4.78 is 15.1. The summed E-state index contributed by atoms with van der Waals surface area (Å²) in [6, 6.07) is 19.4. The van der Waals surface area contributed by atoms with E-state index >= 15 is 0 Å². The Morgan fingerprint density at radius 3 is 2.02 bits per heavy atom. The lowest BCUT2D eigenvalue weighted by Crippen LogP contribution is -2.43. The van der Waals surface area contributed by atoms with Crippen LogP contribution >= 0.6 is 0 Å². The van der Waals surface area contributed by atoms with Gasteiger partial charge in [0.25, 0.3) is 0 Å². The molecule has 0 aliphatic rings. The smallest absolute Gasteiger partial charge is 0.310 e. The molecule has 3 aromatic rings. The molecule has 0 saturated heterocycles. The fourth-order valence-electron chi connectivity index (χ4n) is 6.16. The first-order valence-electron chi connectivity index (χ1n) is 15.9. The highest BCUT2D eigenvalue weighted by atomic mass is 16.6.